The van der Waals surface area contributed by atoms with Crippen LogP contribution in [0.15, 0.2) is 45.7 Å². The molecule has 0 atom stereocenters. The van der Waals surface area contributed by atoms with E-state index in [0.29, 0.717) is 6.61 Å². The average molecular weight is 280 g/mol. The van der Waals surface area contributed by atoms with Gasteiger partial charge in [0.15, 0.2) is 0 Å². The number of hydrogen-bond donors (Lipinski definition) is 0. The summed E-state index contributed by atoms with van der Waals surface area (Å²) >= 11 is 3.09. The molecule has 1 aromatic carbocycles. The lowest BCUT2D eigenvalue weighted by atomic mass is 10.2. The van der Waals surface area contributed by atoms with Crippen molar-refractivity contribution in [1.29, 1.82) is 0 Å². The van der Waals surface area contributed by atoms with E-state index in [2.05, 4.69) is 26.2 Å². The van der Waals surface area contributed by atoms with Crippen LogP contribution < -0.4 is 5.32 Å². The highest BCUT2D eigenvalue weighted by molar-refractivity contribution is 9.12. The third kappa shape index (κ3) is 2.49. The molecule has 0 aliphatic carbocycles. The second-order valence-corrected chi connectivity index (χ2v) is 3.87. The predicted octanol–water partition coefficient (Wildman–Crippen LogP) is 1.94. The summed E-state index contributed by atoms with van der Waals surface area (Å²) in [6, 6.07) is 9.65. The molecule has 0 aromatic heterocycles. The maximum atomic E-state index is 11.2. The standard InChI is InChI=1S/C11H8BrN2O2/c12-9-10(15)13-7-14-11(9)16-6-8-4-2-1-3-5-8/h1-5,7H,6H2. The first-order valence-corrected chi connectivity index (χ1v) is 5.41. The van der Waals surface area contributed by atoms with E-state index in [1.165, 1.54) is 6.34 Å². The molecular formula is C11H8BrN2O2. The molecule has 4 nitrogen and oxygen atoms in total. The summed E-state index contributed by atoms with van der Waals surface area (Å²) in [6.45, 7) is 0.371. The Morgan fingerprint density at radius 2 is 2.00 bits per heavy atom. The second-order valence-electron chi connectivity index (χ2n) is 3.07. The minimum atomic E-state index is -0.377. The van der Waals surface area contributed by atoms with E-state index < -0.39 is 0 Å². The van der Waals surface area contributed by atoms with Crippen LogP contribution in [0.1, 0.15) is 5.56 Å². The number of carbonyl (C=O) groups excluding carboxylic acids is 1. The van der Waals surface area contributed by atoms with E-state index in [1.807, 2.05) is 30.3 Å². The van der Waals surface area contributed by atoms with Crippen LogP contribution in [0.3, 0.4) is 0 Å². The summed E-state index contributed by atoms with van der Waals surface area (Å²) in [7, 11) is 0. The number of amides is 1. The maximum absolute atomic E-state index is 11.2. The summed E-state index contributed by atoms with van der Waals surface area (Å²) in [5, 5.41) is 3.50. The second kappa shape index (κ2) is 4.94. The van der Waals surface area contributed by atoms with Crippen LogP contribution in [0.2, 0.25) is 0 Å². The van der Waals surface area contributed by atoms with Gasteiger partial charge in [-0.2, -0.15) is 5.32 Å². The van der Waals surface area contributed by atoms with E-state index in [9.17, 15) is 4.79 Å². The van der Waals surface area contributed by atoms with E-state index in [1.54, 1.807) is 0 Å². The Bertz CT molecular complexity index is 454. The third-order valence-electron chi connectivity index (χ3n) is 1.94. The zero-order valence-electron chi connectivity index (χ0n) is 8.26. The van der Waals surface area contributed by atoms with Gasteiger partial charge in [-0.25, -0.2) is 4.99 Å². The molecule has 16 heavy (non-hydrogen) atoms. The minimum Gasteiger partial charge on any atom is -0.472 e. The Morgan fingerprint density at radius 3 is 2.75 bits per heavy atom. The minimum absolute atomic E-state index is 0.255. The van der Waals surface area contributed by atoms with Crippen molar-refractivity contribution in [3.63, 3.8) is 0 Å². The van der Waals surface area contributed by atoms with Crippen molar-refractivity contribution in [2.24, 2.45) is 4.99 Å². The molecule has 5 heteroatoms. The lowest BCUT2D eigenvalue weighted by Gasteiger charge is -2.10. The topological polar surface area (TPSA) is 52.8 Å². The van der Waals surface area contributed by atoms with Crippen molar-refractivity contribution < 1.29 is 9.53 Å². The van der Waals surface area contributed by atoms with Gasteiger partial charge in [-0.1, -0.05) is 30.3 Å². The molecule has 0 N–H and O–H groups in total. The normalized spacial score (nSPS) is 14.9. The first kappa shape index (κ1) is 10.9. The molecule has 0 saturated heterocycles. The van der Waals surface area contributed by atoms with Gasteiger partial charge < -0.3 is 4.74 Å². The number of carbonyl (C=O) groups is 1. The summed E-state index contributed by atoms with van der Waals surface area (Å²) in [6.07, 6.45) is 1.19. The number of aliphatic imine (C=N–C) groups is 1. The molecule has 1 radical (unpaired) electrons. The number of hydrogen-bond acceptors (Lipinski definition) is 3. The van der Waals surface area contributed by atoms with Crippen LogP contribution in [0, 0.1) is 0 Å². The third-order valence-corrected chi connectivity index (χ3v) is 2.62. The van der Waals surface area contributed by atoms with E-state index in [0.717, 1.165) is 5.56 Å². The zero-order valence-corrected chi connectivity index (χ0v) is 9.85. The summed E-state index contributed by atoms with van der Waals surface area (Å²) in [4.78, 5) is 15.0. The van der Waals surface area contributed by atoms with Crippen molar-refractivity contribution >= 4 is 28.2 Å². The Hall–Kier alpha value is -1.62. The Balaban J connectivity index is 2.03. The lowest BCUT2D eigenvalue weighted by Crippen LogP contribution is -2.19. The Morgan fingerprint density at radius 1 is 1.25 bits per heavy atom. The van der Waals surface area contributed by atoms with Gasteiger partial charge in [0.25, 0.3) is 5.91 Å². The van der Waals surface area contributed by atoms with Crippen LogP contribution >= 0.6 is 15.9 Å². The SMILES string of the molecule is O=C1[N]C=NC(OCc2ccccc2)=C1Br. The van der Waals surface area contributed by atoms with Crippen molar-refractivity contribution in [1.82, 2.24) is 5.32 Å². The highest BCUT2D eigenvalue weighted by Gasteiger charge is 2.17. The van der Waals surface area contributed by atoms with Gasteiger partial charge in [0.05, 0.1) is 0 Å². The van der Waals surface area contributed by atoms with Crippen LogP contribution in [-0.2, 0) is 16.1 Å². The molecule has 0 bridgehead atoms. The number of rotatable bonds is 3. The number of nitrogens with zero attached hydrogens (tertiary/aromatic N) is 2. The lowest BCUT2D eigenvalue weighted by molar-refractivity contribution is -0.115. The number of ether oxygens (including phenoxy) is 1. The molecule has 1 amide bonds. The molecule has 81 valence electrons. The molecule has 0 unspecified atom stereocenters. The molecule has 0 fully saturated rings. The van der Waals surface area contributed by atoms with Gasteiger partial charge in [-0.15, -0.1) is 0 Å². The van der Waals surface area contributed by atoms with Gasteiger partial charge in [0.2, 0.25) is 5.88 Å². The highest BCUT2D eigenvalue weighted by Crippen LogP contribution is 2.18. The van der Waals surface area contributed by atoms with Crippen molar-refractivity contribution in [3.8, 4) is 0 Å². The number of halogens is 1. The molecular weight excluding hydrogens is 272 g/mol. The van der Waals surface area contributed by atoms with Crippen molar-refractivity contribution in [2.45, 2.75) is 6.61 Å². The average Bonchev–Trinajstić information content (AvgIpc) is 2.32. The van der Waals surface area contributed by atoms with Crippen LogP contribution in [0.25, 0.3) is 0 Å². The number of benzene rings is 1. The smallest absolute Gasteiger partial charge is 0.291 e. The predicted molar refractivity (Wildman–Crippen MR) is 62.8 cm³/mol. The fourth-order valence-electron chi connectivity index (χ4n) is 1.17. The van der Waals surface area contributed by atoms with Crippen LogP contribution in [-0.4, -0.2) is 12.2 Å². The van der Waals surface area contributed by atoms with Gasteiger partial charge in [0.1, 0.15) is 17.4 Å². The molecule has 1 aliphatic heterocycles. The summed E-state index contributed by atoms with van der Waals surface area (Å²) in [5.74, 6) is -0.109. The van der Waals surface area contributed by atoms with Crippen molar-refractivity contribution in [3.05, 3.63) is 46.3 Å². The Kier molecular flexibility index (Phi) is 3.36. The van der Waals surface area contributed by atoms with Crippen LogP contribution in [0.4, 0.5) is 0 Å². The fraction of sp³-hybridized carbons (Fsp3) is 0.0909. The van der Waals surface area contributed by atoms with Gasteiger partial charge in [-0.05, 0) is 21.5 Å². The van der Waals surface area contributed by atoms with Crippen LogP contribution in [0.5, 0.6) is 0 Å². The van der Waals surface area contributed by atoms with E-state index in [4.69, 9.17) is 4.74 Å². The molecule has 1 aliphatic rings. The zero-order chi connectivity index (χ0) is 11.4. The van der Waals surface area contributed by atoms with Crippen molar-refractivity contribution in [2.75, 3.05) is 0 Å². The largest absolute Gasteiger partial charge is 0.472 e. The first-order chi connectivity index (χ1) is 7.77. The van der Waals surface area contributed by atoms with E-state index >= 15 is 0 Å². The molecule has 1 heterocycles. The highest BCUT2D eigenvalue weighted by atomic mass is 79.9. The summed E-state index contributed by atoms with van der Waals surface area (Å²) < 4.78 is 5.66. The monoisotopic (exact) mass is 279 g/mol. The molecule has 0 saturated carbocycles. The molecule has 2 rings (SSSR count). The van der Waals surface area contributed by atoms with Gasteiger partial charge in [0, 0.05) is 0 Å². The van der Waals surface area contributed by atoms with E-state index in [-0.39, 0.29) is 16.3 Å². The fourth-order valence-corrected chi connectivity index (χ4v) is 1.48. The molecule has 1 aromatic rings. The van der Waals surface area contributed by atoms with Gasteiger partial charge >= 0.3 is 0 Å². The maximum Gasteiger partial charge on any atom is 0.291 e. The quantitative estimate of drug-likeness (QED) is 0.849. The Labute approximate surface area is 101 Å². The first-order valence-electron chi connectivity index (χ1n) is 4.61. The van der Waals surface area contributed by atoms with Gasteiger partial charge in [-0.3, -0.25) is 4.79 Å². The molecule has 0 spiro atoms. The summed E-state index contributed by atoms with van der Waals surface area (Å²) in [5.41, 5.74) is 1.01.